The highest BCUT2D eigenvalue weighted by Crippen LogP contribution is 2.30. The summed E-state index contributed by atoms with van der Waals surface area (Å²) in [4.78, 5) is 16.8. The molecule has 0 saturated heterocycles. The van der Waals surface area contributed by atoms with Gasteiger partial charge in [0.1, 0.15) is 5.60 Å². The lowest BCUT2D eigenvalue weighted by atomic mass is 9.80. The van der Waals surface area contributed by atoms with Crippen molar-refractivity contribution in [3.05, 3.63) is 42.1 Å². The Morgan fingerprint density at radius 3 is 2.70 bits per heavy atom. The second-order valence-electron chi connectivity index (χ2n) is 5.68. The lowest BCUT2D eigenvalue weighted by Crippen LogP contribution is -2.41. The number of fused-ring (bicyclic) bond motifs is 1. The predicted octanol–water partition coefficient (Wildman–Crippen LogP) is 3.04. The number of carbonyl (C=O) groups is 1. The summed E-state index contributed by atoms with van der Waals surface area (Å²) >= 11 is 0. The summed E-state index contributed by atoms with van der Waals surface area (Å²) in [5.74, 6) is -0.0476. The van der Waals surface area contributed by atoms with Crippen LogP contribution in [0.15, 0.2) is 36.5 Å². The lowest BCUT2D eigenvalue weighted by molar-refractivity contribution is -0.139. The van der Waals surface area contributed by atoms with E-state index >= 15 is 0 Å². The number of hydrogen-bond acceptors (Lipinski definition) is 3. The van der Waals surface area contributed by atoms with E-state index in [4.69, 9.17) is 0 Å². The van der Waals surface area contributed by atoms with Crippen LogP contribution in [-0.2, 0) is 11.2 Å². The third-order valence-corrected chi connectivity index (χ3v) is 4.29. The summed E-state index contributed by atoms with van der Waals surface area (Å²) in [5.41, 5.74) is 0.746. The molecule has 0 radical (unpaired) electrons. The van der Waals surface area contributed by atoms with Crippen LogP contribution in [0.1, 0.15) is 37.7 Å². The number of rotatable bonds is 3. The zero-order chi connectivity index (χ0) is 14.0. The highest BCUT2D eigenvalue weighted by molar-refractivity contribution is 5.93. The van der Waals surface area contributed by atoms with E-state index in [1.165, 1.54) is 0 Å². The quantitative estimate of drug-likeness (QED) is 0.931. The first-order chi connectivity index (χ1) is 9.69. The van der Waals surface area contributed by atoms with Crippen molar-refractivity contribution in [2.45, 2.75) is 44.1 Å². The molecule has 20 heavy (non-hydrogen) atoms. The fourth-order valence-electron chi connectivity index (χ4n) is 3.06. The van der Waals surface area contributed by atoms with Crippen LogP contribution >= 0.6 is 0 Å². The van der Waals surface area contributed by atoms with E-state index in [9.17, 15) is 9.90 Å². The Kier molecular flexibility index (Phi) is 3.53. The number of Topliss-reactive ketones (excluding diaryl/α,β-unsaturated/α-hetero) is 1. The summed E-state index contributed by atoms with van der Waals surface area (Å²) in [7, 11) is 0. The minimum Gasteiger partial charge on any atom is -0.382 e. The van der Waals surface area contributed by atoms with E-state index in [0.717, 1.165) is 35.7 Å². The Balaban J connectivity index is 1.87. The van der Waals surface area contributed by atoms with Gasteiger partial charge in [0.25, 0.3) is 0 Å². The Morgan fingerprint density at radius 2 is 1.90 bits per heavy atom. The van der Waals surface area contributed by atoms with Crippen LogP contribution in [0, 0.1) is 0 Å². The van der Waals surface area contributed by atoms with E-state index in [1.807, 2.05) is 30.3 Å². The molecule has 0 amide bonds. The fourth-order valence-corrected chi connectivity index (χ4v) is 3.06. The van der Waals surface area contributed by atoms with Gasteiger partial charge < -0.3 is 5.11 Å². The van der Waals surface area contributed by atoms with Crippen LogP contribution in [-0.4, -0.2) is 21.5 Å². The normalized spacial score (nSPS) is 18.1. The number of aliphatic hydroxyl groups is 1. The van der Waals surface area contributed by atoms with Gasteiger partial charge in [0.05, 0.1) is 5.52 Å². The maximum atomic E-state index is 12.5. The second-order valence-corrected chi connectivity index (χ2v) is 5.68. The minimum atomic E-state index is -1.11. The molecule has 1 aliphatic rings. The van der Waals surface area contributed by atoms with Gasteiger partial charge in [-0.3, -0.25) is 9.78 Å². The van der Waals surface area contributed by atoms with E-state index in [0.29, 0.717) is 19.3 Å². The number of benzene rings is 1. The molecule has 1 N–H and O–H groups in total. The molecule has 1 heterocycles. The van der Waals surface area contributed by atoms with Gasteiger partial charge in [-0.05, 0) is 30.5 Å². The molecular formula is C17H19NO2. The van der Waals surface area contributed by atoms with E-state index in [-0.39, 0.29) is 5.78 Å². The molecule has 3 nitrogen and oxygen atoms in total. The topological polar surface area (TPSA) is 50.2 Å². The SMILES string of the molecule is O=C(Cc1ccnc2ccccc12)C1(O)CCCCC1. The summed E-state index contributed by atoms with van der Waals surface area (Å²) < 4.78 is 0. The van der Waals surface area contributed by atoms with Crippen molar-refractivity contribution < 1.29 is 9.90 Å². The molecule has 1 aromatic heterocycles. The highest BCUT2D eigenvalue weighted by Gasteiger charge is 2.36. The molecule has 0 atom stereocenters. The van der Waals surface area contributed by atoms with Crippen molar-refractivity contribution >= 4 is 16.7 Å². The third kappa shape index (κ3) is 2.46. The number of hydrogen-bond donors (Lipinski definition) is 1. The van der Waals surface area contributed by atoms with Crippen LogP contribution in [0.5, 0.6) is 0 Å². The van der Waals surface area contributed by atoms with Gasteiger partial charge in [0.15, 0.2) is 5.78 Å². The van der Waals surface area contributed by atoms with E-state index in [2.05, 4.69) is 4.98 Å². The average Bonchev–Trinajstić information content (AvgIpc) is 2.48. The van der Waals surface area contributed by atoms with Gasteiger partial charge in [0.2, 0.25) is 0 Å². The summed E-state index contributed by atoms with van der Waals surface area (Å²) in [6.45, 7) is 0. The Hall–Kier alpha value is -1.74. The van der Waals surface area contributed by atoms with E-state index < -0.39 is 5.60 Å². The first kappa shape index (κ1) is 13.3. The second kappa shape index (κ2) is 5.33. The van der Waals surface area contributed by atoms with Gasteiger partial charge in [-0.25, -0.2) is 0 Å². The molecule has 1 aliphatic carbocycles. The fraction of sp³-hybridized carbons (Fsp3) is 0.412. The zero-order valence-electron chi connectivity index (χ0n) is 11.5. The first-order valence-electron chi connectivity index (χ1n) is 7.27. The molecule has 0 spiro atoms. The minimum absolute atomic E-state index is 0.0476. The molecule has 0 unspecified atom stereocenters. The summed E-state index contributed by atoms with van der Waals surface area (Å²) in [5, 5.41) is 11.5. The Labute approximate surface area is 118 Å². The number of nitrogens with zero attached hydrogens (tertiary/aromatic N) is 1. The van der Waals surface area contributed by atoms with Crippen molar-refractivity contribution in [2.75, 3.05) is 0 Å². The standard InChI is InChI=1S/C17H19NO2/c19-16(17(20)9-4-1-5-10-17)12-13-8-11-18-15-7-3-2-6-14(13)15/h2-3,6-8,11,20H,1,4-5,9-10,12H2. The molecule has 104 valence electrons. The number of ketones is 1. The van der Waals surface area contributed by atoms with E-state index in [1.54, 1.807) is 6.20 Å². The predicted molar refractivity (Wildman–Crippen MR) is 78.5 cm³/mol. The maximum Gasteiger partial charge on any atom is 0.168 e. The molecule has 3 heteroatoms. The number of pyridine rings is 1. The van der Waals surface area contributed by atoms with Crippen molar-refractivity contribution in [2.24, 2.45) is 0 Å². The lowest BCUT2D eigenvalue weighted by Gasteiger charge is -2.30. The first-order valence-corrected chi connectivity index (χ1v) is 7.27. The van der Waals surface area contributed by atoms with Crippen LogP contribution in [0.3, 0.4) is 0 Å². The largest absolute Gasteiger partial charge is 0.382 e. The van der Waals surface area contributed by atoms with Gasteiger partial charge in [-0.2, -0.15) is 0 Å². The zero-order valence-corrected chi connectivity index (χ0v) is 11.5. The highest BCUT2D eigenvalue weighted by atomic mass is 16.3. The molecule has 3 rings (SSSR count). The summed E-state index contributed by atoms with van der Waals surface area (Å²) in [6, 6.07) is 9.70. The monoisotopic (exact) mass is 269 g/mol. The molecule has 2 aromatic rings. The number of aromatic nitrogens is 1. The van der Waals surface area contributed by atoms with Crippen molar-refractivity contribution in [3.63, 3.8) is 0 Å². The molecular weight excluding hydrogens is 250 g/mol. The van der Waals surface area contributed by atoms with Gasteiger partial charge >= 0.3 is 0 Å². The number of carbonyl (C=O) groups excluding carboxylic acids is 1. The third-order valence-electron chi connectivity index (χ3n) is 4.29. The van der Waals surface area contributed by atoms with Crippen molar-refractivity contribution in [1.29, 1.82) is 0 Å². The molecule has 1 aromatic carbocycles. The summed E-state index contributed by atoms with van der Waals surface area (Å²) in [6.07, 6.45) is 6.24. The van der Waals surface area contributed by atoms with Crippen LogP contribution in [0.4, 0.5) is 0 Å². The van der Waals surface area contributed by atoms with Crippen molar-refractivity contribution in [1.82, 2.24) is 4.98 Å². The van der Waals surface area contributed by atoms with Gasteiger partial charge in [-0.1, -0.05) is 37.5 Å². The molecule has 0 aliphatic heterocycles. The Bertz CT molecular complexity index is 624. The van der Waals surface area contributed by atoms with Crippen molar-refractivity contribution in [3.8, 4) is 0 Å². The van der Waals surface area contributed by atoms with Gasteiger partial charge in [-0.15, -0.1) is 0 Å². The average molecular weight is 269 g/mol. The van der Waals surface area contributed by atoms with Crippen LogP contribution in [0.25, 0.3) is 10.9 Å². The maximum absolute atomic E-state index is 12.5. The smallest absolute Gasteiger partial charge is 0.168 e. The van der Waals surface area contributed by atoms with Crippen LogP contribution in [0.2, 0.25) is 0 Å². The van der Waals surface area contributed by atoms with Gasteiger partial charge in [0, 0.05) is 18.0 Å². The molecule has 1 fully saturated rings. The Morgan fingerprint density at radius 1 is 1.15 bits per heavy atom. The molecule has 0 bridgehead atoms. The van der Waals surface area contributed by atoms with Crippen LogP contribution < -0.4 is 0 Å². The number of para-hydroxylation sites is 1. The molecule has 1 saturated carbocycles.